The first-order valence-electron chi connectivity index (χ1n) is 13.6. The van der Waals surface area contributed by atoms with Crippen molar-refractivity contribution in [2.75, 3.05) is 19.8 Å². The van der Waals surface area contributed by atoms with Crippen LogP contribution in [-0.4, -0.2) is 54.7 Å². The molecule has 216 valence electrons. The predicted molar refractivity (Wildman–Crippen MR) is 154 cm³/mol. The van der Waals surface area contributed by atoms with E-state index in [1.165, 1.54) is 0 Å². The van der Waals surface area contributed by atoms with Crippen LogP contribution in [-0.2, 0) is 20.7 Å². The zero-order chi connectivity index (χ0) is 29.4. The van der Waals surface area contributed by atoms with Crippen LogP contribution in [0.25, 0.3) is 11.1 Å². The van der Waals surface area contributed by atoms with Crippen LogP contribution < -0.4 is 15.4 Å². The molecule has 0 saturated heterocycles. The van der Waals surface area contributed by atoms with Crippen LogP contribution in [0.3, 0.4) is 0 Å². The molecule has 2 amide bonds. The molecule has 0 bridgehead atoms. The molecule has 0 unspecified atom stereocenters. The second-order valence-electron chi connectivity index (χ2n) is 10.8. The Bertz CT molecular complexity index is 1320. The van der Waals surface area contributed by atoms with E-state index in [0.29, 0.717) is 25.3 Å². The lowest BCUT2D eigenvalue weighted by Crippen LogP contribution is -2.42. The minimum absolute atomic E-state index is 0.0830. The molecular weight excluding hydrogens is 524 g/mol. The van der Waals surface area contributed by atoms with Gasteiger partial charge in [0.1, 0.15) is 24.0 Å². The van der Waals surface area contributed by atoms with Gasteiger partial charge in [0, 0.05) is 18.9 Å². The fourth-order valence-electron chi connectivity index (χ4n) is 4.71. The molecule has 3 aromatic rings. The first-order chi connectivity index (χ1) is 19.6. The van der Waals surface area contributed by atoms with Gasteiger partial charge in [0.25, 0.3) is 0 Å². The van der Waals surface area contributed by atoms with Crippen LogP contribution >= 0.6 is 0 Å². The maximum Gasteiger partial charge on any atom is 0.407 e. The summed E-state index contributed by atoms with van der Waals surface area (Å²) >= 11 is 0. The van der Waals surface area contributed by atoms with Gasteiger partial charge >= 0.3 is 18.2 Å². The maximum atomic E-state index is 12.6. The van der Waals surface area contributed by atoms with Gasteiger partial charge in [-0.2, -0.15) is 0 Å². The molecule has 1 atom stereocenters. The Hall–Kier alpha value is -4.53. The smallest absolute Gasteiger partial charge is 0.407 e. The standard InChI is InChI=1S/C32H36N2O7/c1-32(2,3)41-30(37)33-17-8-18-39-22-15-13-21(14-16-22)19-28(29(35)36)34-31(38)40-20-27-25-11-6-4-9-23(25)24-10-5-7-12-26(24)27/h4-7,9-16,27-28H,8,17-20H2,1-3H3,(H,33,37)(H,34,38)(H,35,36)/t28-/m0/s1. The van der Waals surface area contributed by atoms with E-state index in [9.17, 15) is 19.5 Å². The number of carboxylic acids is 1. The second kappa shape index (κ2) is 13.2. The number of hydrogen-bond donors (Lipinski definition) is 3. The normalized spacial score (nSPS) is 13.0. The molecule has 0 spiro atoms. The van der Waals surface area contributed by atoms with E-state index in [1.807, 2.05) is 36.4 Å². The highest BCUT2D eigenvalue weighted by Crippen LogP contribution is 2.44. The van der Waals surface area contributed by atoms with E-state index in [2.05, 4.69) is 22.8 Å². The summed E-state index contributed by atoms with van der Waals surface area (Å²) in [6.45, 7) is 6.30. The predicted octanol–water partition coefficient (Wildman–Crippen LogP) is 5.51. The second-order valence-corrected chi connectivity index (χ2v) is 10.8. The Balaban J connectivity index is 1.23. The number of alkyl carbamates (subject to hydrolysis) is 2. The number of carbonyl (C=O) groups excluding carboxylic acids is 2. The summed E-state index contributed by atoms with van der Waals surface area (Å²) in [5, 5.41) is 14.9. The number of fused-ring (bicyclic) bond motifs is 3. The van der Waals surface area contributed by atoms with Gasteiger partial charge in [-0.25, -0.2) is 14.4 Å². The van der Waals surface area contributed by atoms with E-state index in [1.54, 1.807) is 45.0 Å². The largest absolute Gasteiger partial charge is 0.494 e. The van der Waals surface area contributed by atoms with Crippen molar-refractivity contribution in [2.24, 2.45) is 0 Å². The van der Waals surface area contributed by atoms with Crippen molar-refractivity contribution in [3.8, 4) is 16.9 Å². The Morgan fingerprint density at radius 1 is 0.878 bits per heavy atom. The van der Waals surface area contributed by atoms with Crippen molar-refractivity contribution in [1.29, 1.82) is 0 Å². The molecule has 0 fully saturated rings. The van der Waals surface area contributed by atoms with E-state index < -0.39 is 29.8 Å². The van der Waals surface area contributed by atoms with Gasteiger partial charge in [0.05, 0.1) is 6.61 Å². The van der Waals surface area contributed by atoms with E-state index >= 15 is 0 Å². The van der Waals surface area contributed by atoms with Crippen molar-refractivity contribution in [2.45, 2.75) is 51.2 Å². The Kier molecular flexibility index (Phi) is 9.49. The summed E-state index contributed by atoms with van der Waals surface area (Å²) in [5.74, 6) is -0.657. The average Bonchev–Trinajstić information content (AvgIpc) is 3.25. The molecule has 0 saturated carbocycles. The highest BCUT2D eigenvalue weighted by molar-refractivity contribution is 5.81. The number of carbonyl (C=O) groups is 3. The van der Waals surface area contributed by atoms with Gasteiger partial charge in [-0.05, 0) is 67.1 Å². The number of hydrogen-bond acceptors (Lipinski definition) is 6. The maximum absolute atomic E-state index is 12.6. The number of rotatable bonds is 11. The molecule has 1 aliphatic rings. The summed E-state index contributed by atoms with van der Waals surface area (Å²) in [5.41, 5.74) is 4.56. The number of ether oxygens (including phenoxy) is 3. The fraction of sp³-hybridized carbons (Fsp3) is 0.344. The summed E-state index contributed by atoms with van der Waals surface area (Å²) in [6.07, 6.45) is -0.577. The summed E-state index contributed by atoms with van der Waals surface area (Å²) < 4.78 is 16.4. The SMILES string of the molecule is CC(C)(C)OC(=O)NCCCOc1ccc(C[C@H](NC(=O)OCC2c3ccccc3-c3ccccc32)C(=O)O)cc1. The quantitative estimate of drug-likeness (QED) is 0.264. The molecule has 4 rings (SSSR count). The number of amides is 2. The highest BCUT2D eigenvalue weighted by atomic mass is 16.6. The first-order valence-corrected chi connectivity index (χ1v) is 13.6. The zero-order valence-corrected chi connectivity index (χ0v) is 23.5. The van der Waals surface area contributed by atoms with Crippen LogP contribution in [0.15, 0.2) is 72.8 Å². The van der Waals surface area contributed by atoms with Crippen molar-refractivity contribution < 1.29 is 33.7 Å². The van der Waals surface area contributed by atoms with Gasteiger partial charge in [-0.3, -0.25) is 0 Å². The van der Waals surface area contributed by atoms with Crippen LogP contribution in [0.1, 0.15) is 49.8 Å². The number of benzene rings is 3. The zero-order valence-electron chi connectivity index (χ0n) is 23.5. The van der Waals surface area contributed by atoms with Crippen molar-refractivity contribution >= 4 is 18.2 Å². The molecule has 1 aliphatic carbocycles. The summed E-state index contributed by atoms with van der Waals surface area (Å²) in [4.78, 5) is 36.2. The minimum atomic E-state index is -1.16. The molecule has 0 heterocycles. The third kappa shape index (κ3) is 8.23. The third-order valence-electron chi connectivity index (χ3n) is 6.56. The summed E-state index contributed by atoms with van der Waals surface area (Å²) in [6, 6.07) is 21.9. The lowest BCUT2D eigenvalue weighted by molar-refractivity contribution is -0.139. The Labute approximate surface area is 239 Å². The van der Waals surface area contributed by atoms with Crippen LogP contribution in [0, 0.1) is 0 Å². The topological polar surface area (TPSA) is 123 Å². The lowest BCUT2D eigenvalue weighted by atomic mass is 9.98. The van der Waals surface area contributed by atoms with Gasteiger partial charge in [-0.1, -0.05) is 60.7 Å². The molecule has 0 radical (unpaired) electrons. The Morgan fingerprint density at radius 2 is 1.49 bits per heavy atom. The molecule has 9 nitrogen and oxygen atoms in total. The van der Waals surface area contributed by atoms with Crippen molar-refractivity contribution in [1.82, 2.24) is 10.6 Å². The van der Waals surface area contributed by atoms with E-state index in [-0.39, 0.29) is 18.9 Å². The summed E-state index contributed by atoms with van der Waals surface area (Å²) in [7, 11) is 0. The molecule has 0 aliphatic heterocycles. The lowest BCUT2D eigenvalue weighted by Gasteiger charge is -2.19. The number of carboxylic acid groups (broad SMARTS) is 1. The molecule has 9 heteroatoms. The number of aliphatic carboxylic acids is 1. The number of nitrogens with one attached hydrogen (secondary N) is 2. The van der Waals surface area contributed by atoms with Gasteiger partial charge in [0.2, 0.25) is 0 Å². The minimum Gasteiger partial charge on any atom is -0.494 e. The van der Waals surface area contributed by atoms with Gasteiger partial charge < -0.3 is 30.0 Å². The molecule has 3 N–H and O–H groups in total. The third-order valence-corrected chi connectivity index (χ3v) is 6.56. The van der Waals surface area contributed by atoms with Gasteiger partial charge in [0.15, 0.2) is 0 Å². The van der Waals surface area contributed by atoms with E-state index in [4.69, 9.17) is 14.2 Å². The average molecular weight is 561 g/mol. The van der Waals surface area contributed by atoms with E-state index in [0.717, 1.165) is 27.8 Å². The molecule has 41 heavy (non-hydrogen) atoms. The van der Waals surface area contributed by atoms with Gasteiger partial charge in [-0.15, -0.1) is 0 Å². The fourth-order valence-corrected chi connectivity index (χ4v) is 4.71. The monoisotopic (exact) mass is 560 g/mol. The molecule has 0 aromatic heterocycles. The first kappa shape index (κ1) is 29.5. The van der Waals surface area contributed by atoms with Crippen LogP contribution in [0.2, 0.25) is 0 Å². The van der Waals surface area contributed by atoms with Crippen molar-refractivity contribution in [3.63, 3.8) is 0 Å². The molecular formula is C32H36N2O7. The van der Waals surface area contributed by atoms with Crippen LogP contribution in [0.5, 0.6) is 5.75 Å². The Morgan fingerprint density at radius 3 is 2.07 bits per heavy atom. The van der Waals surface area contributed by atoms with Crippen molar-refractivity contribution in [3.05, 3.63) is 89.5 Å². The highest BCUT2D eigenvalue weighted by Gasteiger charge is 2.30. The van der Waals surface area contributed by atoms with Crippen LogP contribution in [0.4, 0.5) is 9.59 Å². The molecule has 3 aromatic carbocycles.